The topological polar surface area (TPSA) is 35.2 Å². The van der Waals surface area contributed by atoms with E-state index in [1.807, 2.05) is 32.0 Å². The first-order valence-electron chi connectivity index (χ1n) is 4.58. The lowest BCUT2D eigenvalue weighted by Gasteiger charge is -2.02. The van der Waals surface area contributed by atoms with Crippen LogP contribution in [0.5, 0.6) is 5.75 Å². The minimum atomic E-state index is 0.348. The Bertz CT molecular complexity index is 372. The minimum Gasteiger partial charge on any atom is -0.497 e. The average Bonchev–Trinajstić information content (AvgIpc) is 2.16. The van der Waals surface area contributed by atoms with Crippen LogP contribution in [0.1, 0.15) is 19.4 Å². The fourth-order valence-electron chi connectivity index (χ4n) is 0.993. The number of methoxy groups -OCH3 is 1. The molecule has 1 aromatic carbocycles. The number of ether oxygens (including phenoxy) is 1. The second kappa shape index (κ2) is 4.57. The number of hydrogen-bond donors (Lipinski definition) is 1. The molecule has 74 valence electrons. The van der Waals surface area contributed by atoms with Crippen LogP contribution >= 0.6 is 0 Å². The van der Waals surface area contributed by atoms with Crippen molar-refractivity contribution < 1.29 is 4.74 Å². The maximum Gasteiger partial charge on any atom is 0.120 e. The van der Waals surface area contributed by atoms with Gasteiger partial charge in [0.1, 0.15) is 5.75 Å². The van der Waals surface area contributed by atoms with E-state index in [1.165, 1.54) is 0 Å². The van der Waals surface area contributed by atoms with Gasteiger partial charge in [0.05, 0.1) is 12.7 Å². The van der Waals surface area contributed by atoms with E-state index in [4.69, 9.17) is 10.5 Å². The van der Waals surface area contributed by atoms with E-state index < -0.39 is 0 Å². The van der Waals surface area contributed by atoms with Crippen LogP contribution in [0.2, 0.25) is 0 Å². The van der Waals surface area contributed by atoms with Crippen molar-refractivity contribution in [1.29, 1.82) is 0 Å². The Morgan fingerprint density at radius 2 is 2.07 bits per heavy atom. The largest absolute Gasteiger partial charge is 0.497 e. The zero-order chi connectivity index (χ0) is 10.6. The third-order valence-electron chi connectivity index (χ3n) is 1.76. The molecule has 0 heterocycles. The van der Waals surface area contributed by atoms with Gasteiger partial charge in [-0.05, 0) is 18.2 Å². The summed E-state index contributed by atoms with van der Waals surface area (Å²) in [5, 5.41) is 0. The normalized spacial score (nSPS) is 9.43. The molecule has 14 heavy (non-hydrogen) atoms. The van der Waals surface area contributed by atoms with E-state index in [2.05, 4.69) is 11.8 Å². The quantitative estimate of drug-likeness (QED) is 0.543. The molecule has 2 nitrogen and oxygen atoms in total. The van der Waals surface area contributed by atoms with Gasteiger partial charge >= 0.3 is 0 Å². The van der Waals surface area contributed by atoms with Gasteiger partial charge < -0.3 is 10.5 Å². The molecule has 2 N–H and O–H groups in total. The van der Waals surface area contributed by atoms with Gasteiger partial charge in [-0.1, -0.05) is 25.7 Å². The first-order valence-corrected chi connectivity index (χ1v) is 4.58. The summed E-state index contributed by atoms with van der Waals surface area (Å²) >= 11 is 0. The Kier molecular flexibility index (Phi) is 3.41. The Morgan fingerprint density at radius 1 is 1.36 bits per heavy atom. The van der Waals surface area contributed by atoms with Crippen LogP contribution in [0, 0.1) is 17.8 Å². The molecule has 0 fully saturated rings. The number of hydrogen-bond acceptors (Lipinski definition) is 2. The highest BCUT2D eigenvalue weighted by Crippen LogP contribution is 2.18. The second-order valence-electron chi connectivity index (χ2n) is 3.38. The molecule has 0 spiro atoms. The zero-order valence-corrected chi connectivity index (χ0v) is 8.79. The summed E-state index contributed by atoms with van der Waals surface area (Å²) in [6.07, 6.45) is 0. The first-order chi connectivity index (χ1) is 6.63. The van der Waals surface area contributed by atoms with Crippen LogP contribution in [0.4, 0.5) is 5.69 Å². The molecule has 0 bridgehead atoms. The lowest BCUT2D eigenvalue weighted by atomic mass is 10.1. The molecule has 0 aliphatic heterocycles. The molecule has 0 unspecified atom stereocenters. The van der Waals surface area contributed by atoms with E-state index >= 15 is 0 Å². The Hall–Kier alpha value is -1.62. The average molecular weight is 189 g/mol. The van der Waals surface area contributed by atoms with Crippen molar-refractivity contribution in [2.45, 2.75) is 13.8 Å². The summed E-state index contributed by atoms with van der Waals surface area (Å²) in [6.45, 7) is 4.09. The summed E-state index contributed by atoms with van der Waals surface area (Å²) in [5.41, 5.74) is 7.30. The molecule has 0 aliphatic rings. The van der Waals surface area contributed by atoms with Gasteiger partial charge in [-0.3, -0.25) is 0 Å². The molecule has 0 saturated heterocycles. The Morgan fingerprint density at radius 3 is 2.64 bits per heavy atom. The smallest absolute Gasteiger partial charge is 0.120 e. The fourth-order valence-corrected chi connectivity index (χ4v) is 0.993. The van der Waals surface area contributed by atoms with E-state index in [-0.39, 0.29) is 0 Å². The van der Waals surface area contributed by atoms with Crippen LogP contribution in [0.15, 0.2) is 18.2 Å². The van der Waals surface area contributed by atoms with Gasteiger partial charge in [0, 0.05) is 11.6 Å². The summed E-state index contributed by atoms with van der Waals surface area (Å²) < 4.78 is 5.09. The van der Waals surface area contributed by atoms with E-state index in [1.54, 1.807) is 7.11 Å². The second-order valence-corrected chi connectivity index (χ2v) is 3.38. The number of benzene rings is 1. The van der Waals surface area contributed by atoms with Crippen molar-refractivity contribution in [1.82, 2.24) is 0 Å². The summed E-state index contributed by atoms with van der Waals surface area (Å²) in [5.74, 6) is 7.23. The van der Waals surface area contributed by atoms with E-state index in [9.17, 15) is 0 Å². The molecule has 2 heteroatoms. The maximum atomic E-state index is 5.77. The summed E-state index contributed by atoms with van der Waals surface area (Å²) in [6, 6.07) is 5.49. The highest BCUT2D eigenvalue weighted by molar-refractivity contribution is 5.58. The van der Waals surface area contributed by atoms with Crippen molar-refractivity contribution in [3.05, 3.63) is 23.8 Å². The molecule has 0 amide bonds. The highest BCUT2D eigenvalue weighted by Gasteiger charge is 1.97. The van der Waals surface area contributed by atoms with Crippen LogP contribution in [-0.2, 0) is 0 Å². The van der Waals surface area contributed by atoms with Crippen molar-refractivity contribution in [2.75, 3.05) is 12.8 Å². The molecule has 1 aromatic rings. The SMILES string of the molecule is COc1ccc(N)c(C#CC(C)C)c1. The highest BCUT2D eigenvalue weighted by atomic mass is 16.5. The van der Waals surface area contributed by atoms with Crippen LogP contribution in [0.25, 0.3) is 0 Å². The number of nitrogens with two attached hydrogens (primary N) is 1. The van der Waals surface area contributed by atoms with Gasteiger partial charge in [0.2, 0.25) is 0 Å². The number of rotatable bonds is 1. The standard InChI is InChI=1S/C12H15NO/c1-9(2)4-5-10-8-11(14-3)6-7-12(10)13/h6-9H,13H2,1-3H3. The monoisotopic (exact) mass is 189 g/mol. The van der Waals surface area contributed by atoms with Gasteiger partial charge in [0.15, 0.2) is 0 Å². The van der Waals surface area contributed by atoms with Crippen molar-refractivity contribution in [2.24, 2.45) is 5.92 Å². The molecule has 0 aromatic heterocycles. The zero-order valence-electron chi connectivity index (χ0n) is 8.79. The third kappa shape index (κ3) is 2.70. The van der Waals surface area contributed by atoms with Crippen molar-refractivity contribution >= 4 is 5.69 Å². The van der Waals surface area contributed by atoms with Crippen LogP contribution < -0.4 is 10.5 Å². The molecule has 0 atom stereocenters. The van der Waals surface area contributed by atoms with Gasteiger partial charge in [-0.2, -0.15) is 0 Å². The van der Waals surface area contributed by atoms with Gasteiger partial charge in [-0.25, -0.2) is 0 Å². The summed E-state index contributed by atoms with van der Waals surface area (Å²) in [4.78, 5) is 0. The van der Waals surface area contributed by atoms with Crippen molar-refractivity contribution in [3.8, 4) is 17.6 Å². The lowest BCUT2D eigenvalue weighted by Crippen LogP contribution is -1.92. The predicted octanol–water partition coefficient (Wildman–Crippen LogP) is 2.28. The van der Waals surface area contributed by atoms with Crippen molar-refractivity contribution in [3.63, 3.8) is 0 Å². The first kappa shape index (κ1) is 10.5. The molecular formula is C12H15NO. The number of nitrogen functional groups attached to an aromatic ring is 1. The predicted molar refractivity (Wildman–Crippen MR) is 59.1 cm³/mol. The summed E-state index contributed by atoms with van der Waals surface area (Å²) in [7, 11) is 1.63. The molecular weight excluding hydrogens is 174 g/mol. The van der Waals surface area contributed by atoms with Gasteiger partial charge in [0.25, 0.3) is 0 Å². The molecule has 1 rings (SSSR count). The maximum absolute atomic E-state index is 5.77. The van der Waals surface area contributed by atoms with E-state index in [0.717, 1.165) is 11.3 Å². The molecule has 0 aliphatic carbocycles. The Balaban J connectivity index is 3.02. The minimum absolute atomic E-state index is 0.348. The van der Waals surface area contributed by atoms with Crippen LogP contribution in [-0.4, -0.2) is 7.11 Å². The van der Waals surface area contributed by atoms with Gasteiger partial charge in [-0.15, -0.1) is 0 Å². The molecule has 0 saturated carbocycles. The third-order valence-corrected chi connectivity index (χ3v) is 1.76. The van der Waals surface area contributed by atoms with E-state index in [0.29, 0.717) is 11.6 Å². The molecule has 0 radical (unpaired) electrons. The van der Waals surface area contributed by atoms with Crippen LogP contribution in [0.3, 0.4) is 0 Å². The lowest BCUT2D eigenvalue weighted by molar-refractivity contribution is 0.415. The number of anilines is 1. The Labute approximate surface area is 85.1 Å². The fraction of sp³-hybridized carbons (Fsp3) is 0.333.